The number of benzene rings is 1. The van der Waals surface area contributed by atoms with E-state index < -0.39 is 0 Å². The smallest absolute Gasteiger partial charge is 0.137 e. The van der Waals surface area contributed by atoms with E-state index in [4.69, 9.17) is 23.2 Å². The average molecular weight is 233 g/mol. The molecule has 78 valence electrons. The van der Waals surface area contributed by atoms with Gasteiger partial charge in [-0.2, -0.15) is 0 Å². The highest BCUT2D eigenvalue weighted by molar-refractivity contribution is 6.37. The molecule has 1 aromatic carbocycles. The molecule has 1 nitrogen and oxygen atoms in total. The second-order valence-electron chi connectivity index (χ2n) is 4.46. The standard InChI is InChI=1S/C11H14Cl2O/c1-6-5-7(12)8(11(2,3)4)9(13)10(6)14/h5,14H,1-4H3. The molecule has 0 amide bonds. The Labute approximate surface area is 94.7 Å². The van der Waals surface area contributed by atoms with Crippen molar-refractivity contribution in [2.45, 2.75) is 33.1 Å². The van der Waals surface area contributed by atoms with Crippen molar-refractivity contribution >= 4 is 23.2 Å². The van der Waals surface area contributed by atoms with E-state index in [2.05, 4.69) is 0 Å². The lowest BCUT2D eigenvalue weighted by Crippen LogP contribution is -2.13. The highest BCUT2D eigenvalue weighted by Gasteiger charge is 2.23. The van der Waals surface area contributed by atoms with Gasteiger partial charge in [-0.05, 0) is 29.5 Å². The molecule has 14 heavy (non-hydrogen) atoms. The first kappa shape index (κ1) is 11.7. The zero-order valence-corrected chi connectivity index (χ0v) is 10.3. The van der Waals surface area contributed by atoms with Crippen LogP contribution in [0.2, 0.25) is 10.0 Å². The molecule has 1 N–H and O–H groups in total. The van der Waals surface area contributed by atoms with Gasteiger partial charge in [-0.1, -0.05) is 44.0 Å². The van der Waals surface area contributed by atoms with Crippen LogP contribution in [0.4, 0.5) is 0 Å². The van der Waals surface area contributed by atoms with E-state index in [1.54, 1.807) is 13.0 Å². The summed E-state index contributed by atoms with van der Waals surface area (Å²) in [5.74, 6) is 0.126. The van der Waals surface area contributed by atoms with Gasteiger partial charge in [-0.15, -0.1) is 0 Å². The molecule has 0 aromatic heterocycles. The van der Waals surface area contributed by atoms with Gasteiger partial charge in [-0.3, -0.25) is 0 Å². The predicted octanol–water partition coefficient (Wildman–Crippen LogP) is 4.30. The van der Waals surface area contributed by atoms with Crippen LogP contribution in [0.5, 0.6) is 5.75 Å². The Balaban J connectivity index is 3.53. The molecule has 0 bridgehead atoms. The number of phenols is 1. The van der Waals surface area contributed by atoms with Crippen LogP contribution in [0.1, 0.15) is 31.9 Å². The van der Waals surface area contributed by atoms with Crippen molar-refractivity contribution in [1.82, 2.24) is 0 Å². The Hall–Kier alpha value is -0.400. The van der Waals surface area contributed by atoms with Crippen LogP contribution in [-0.4, -0.2) is 5.11 Å². The summed E-state index contributed by atoms with van der Waals surface area (Å²) in [7, 11) is 0. The maximum absolute atomic E-state index is 9.68. The highest BCUT2D eigenvalue weighted by atomic mass is 35.5. The molecule has 0 aliphatic heterocycles. The molecular weight excluding hydrogens is 219 g/mol. The Kier molecular flexibility index (Phi) is 3.03. The van der Waals surface area contributed by atoms with Crippen LogP contribution < -0.4 is 0 Å². The normalized spacial score (nSPS) is 11.9. The number of phenolic OH excluding ortho intramolecular Hbond substituents is 1. The van der Waals surface area contributed by atoms with Crippen LogP contribution in [0.3, 0.4) is 0 Å². The minimum absolute atomic E-state index is 0.126. The second kappa shape index (κ2) is 3.63. The van der Waals surface area contributed by atoms with Crippen molar-refractivity contribution in [2.24, 2.45) is 0 Å². The van der Waals surface area contributed by atoms with Gasteiger partial charge < -0.3 is 5.11 Å². The van der Waals surface area contributed by atoms with E-state index in [0.29, 0.717) is 15.6 Å². The molecular formula is C11H14Cl2O. The number of hydrogen-bond donors (Lipinski definition) is 1. The SMILES string of the molecule is Cc1cc(Cl)c(C(C)(C)C)c(Cl)c1O. The maximum Gasteiger partial charge on any atom is 0.137 e. The first-order valence-electron chi connectivity index (χ1n) is 4.43. The molecule has 0 atom stereocenters. The van der Waals surface area contributed by atoms with Crippen molar-refractivity contribution in [2.75, 3.05) is 0 Å². The van der Waals surface area contributed by atoms with Crippen molar-refractivity contribution in [3.8, 4) is 5.75 Å². The summed E-state index contributed by atoms with van der Waals surface area (Å²) in [4.78, 5) is 0. The van der Waals surface area contributed by atoms with Gasteiger partial charge in [0.2, 0.25) is 0 Å². The first-order chi connectivity index (χ1) is 6.25. The lowest BCUT2D eigenvalue weighted by atomic mass is 9.86. The van der Waals surface area contributed by atoms with E-state index in [9.17, 15) is 5.11 Å². The van der Waals surface area contributed by atoms with Crippen molar-refractivity contribution in [3.05, 3.63) is 27.2 Å². The van der Waals surface area contributed by atoms with Gasteiger partial charge >= 0.3 is 0 Å². The number of halogens is 2. The molecule has 3 heteroatoms. The molecule has 0 heterocycles. The van der Waals surface area contributed by atoms with Crippen LogP contribution in [0, 0.1) is 6.92 Å². The molecule has 0 unspecified atom stereocenters. The minimum atomic E-state index is -0.167. The summed E-state index contributed by atoms with van der Waals surface area (Å²) in [5.41, 5.74) is 1.33. The van der Waals surface area contributed by atoms with Crippen molar-refractivity contribution in [1.29, 1.82) is 0 Å². The van der Waals surface area contributed by atoms with E-state index in [1.807, 2.05) is 20.8 Å². The molecule has 0 aliphatic rings. The van der Waals surface area contributed by atoms with Gasteiger partial charge in [0.05, 0.1) is 5.02 Å². The highest BCUT2D eigenvalue weighted by Crippen LogP contribution is 2.41. The van der Waals surface area contributed by atoms with Gasteiger partial charge in [0.25, 0.3) is 0 Å². The van der Waals surface area contributed by atoms with Crippen molar-refractivity contribution < 1.29 is 5.11 Å². The fraction of sp³-hybridized carbons (Fsp3) is 0.455. The fourth-order valence-electron chi connectivity index (χ4n) is 1.41. The monoisotopic (exact) mass is 232 g/mol. The van der Waals surface area contributed by atoms with Crippen molar-refractivity contribution in [3.63, 3.8) is 0 Å². The van der Waals surface area contributed by atoms with Crippen LogP contribution in [0.25, 0.3) is 0 Å². The molecule has 0 radical (unpaired) electrons. The third-order valence-corrected chi connectivity index (χ3v) is 2.80. The third-order valence-electron chi connectivity index (χ3n) is 2.13. The second-order valence-corrected chi connectivity index (χ2v) is 5.25. The Morgan fingerprint density at radius 3 is 2.14 bits per heavy atom. The minimum Gasteiger partial charge on any atom is -0.506 e. The number of aryl methyl sites for hydroxylation is 1. The molecule has 0 aliphatic carbocycles. The van der Waals surface area contributed by atoms with E-state index in [-0.39, 0.29) is 11.2 Å². The number of hydrogen-bond acceptors (Lipinski definition) is 1. The molecule has 0 saturated heterocycles. The quantitative estimate of drug-likeness (QED) is 0.708. The molecule has 0 spiro atoms. The van der Waals surface area contributed by atoms with Crippen LogP contribution in [-0.2, 0) is 5.41 Å². The van der Waals surface area contributed by atoms with Crippen LogP contribution in [0.15, 0.2) is 6.07 Å². The summed E-state index contributed by atoms with van der Waals surface area (Å²) in [5, 5.41) is 10.7. The summed E-state index contributed by atoms with van der Waals surface area (Å²) >= 11 is 12.1. The topological polar surface area (TPSA) is 20.2 Å². The number of rotatable bonds is 0. The zero-order valence-electron chi connectivity index (χ0n) is 8.78. The lowest BCUT2D eigenvalue weighted by molar-refractivity contribution is 0.467. The Morgan fingerprint density at radius 2 is 1.71 bits per heavy atom. The summed E-state index contributed by atoms with van der Waals surface area (Å²) in [6.45, 7) is 7.80. The van der Waals surface area contributed by atoms with E-state index in [1.165, 1.54) is 0 Å². The number of aromatic hydroxyl groups is 1. The molecule has 0 fully saturated rings. The Morgan fingerprint density at radius 1 is 1.21 bits per heavy atom. The van der Waals surface area contributed by atoms with Crippen LogP contribution >= 0.6 is 23.2 Å². The average Bonchev–Trinajstić information content (AvgIpc) is 1.97. The lowest BCUT2D eigenvalue weighted by Gasteiger charge is -2.23. The molecule has 0 saturated carbocycles. The largest absolute Gasteiger partial charge is 0.506 e. The summed E-state index contributed by atoms with van der Waals surface area (Å²) in [6, 6.07) is 1.74. The maximum atomic E-state index is 9.68. The molecule has 1 aromatic rings. The Bertz CT molecular complexity index is 365. The van der Waals surface area contributed by atoms with E-state index in [0.717, 1.165) is 5.56 Å². The van der Waals surface area contributed by atoms with Gasteiger partial charge in [0.15, 0.2) is 0 Å². The summed E-state index contributed by atoms with van der Waals surface area (Å²) in [6.07, 6.45) is 0. The third kappa shape index (κ3) is 1.99. The predicted molar refractivity (Wildman–Crippen MR) is 61.6 cm³/mol. The van der Waals surface area contributed by atoms with Gasteiger partial charge in [0.1, 0.15) is 5.75 Å². The zero-order chi connectivity index (χ0) is 11.1. The van der Waals surface area contributed by atoms with E-state index >= 15 is 0 Å². The van der Waals surface area contributed by atoms with Gasteiger partial charge in [-0.25, -0.2) is 0 Å². The first-order valence-corrected chi connectivity index (χ1v) is 5.18. The molecule has 1 rings (SSSR count). The van der Waals surface area contributed by atoms with Gasteiger partial charge in [0, 0.05) is 5.02 Å². The fourth-order valence-corrected chi connectivity index (χ4v) is 2.54. The summed E-state index contributed by atoms with van der Waals surface area (Å²) < 4.78 is 0.